The number of halogens is 1. The minimum atomic E-state index is -1.82. The lowest BCUT2D eigenvalue weighted by Crippen LogP contribution is -2.42. The number of carboxylic acid groups (broad SMARTS) is 2. The molecule has 2 aromatic carbocycles. The lowest BCUT2D eigenvalue weighted by atomic mass is 9.94. The van der Waals surface area contributed by atoms with Crippen molar-refractivity contribution in [1.29, 1.82) is 0 Å². The van der Waals surface area contributed by atoms with Gasteiger partial charge in [0.05, 0.1) is 0 Å². The topological polar surface area (TPSA) is 98.2 Å². The molecule has 0 aliphatic carbocycles. The number of unbranched alkanes of at least 4 members (excludes halogenated alkanes) is 1. The first-order chi connectivity index (χ1) is 16.3. The van der Waals surface area contributed by atoms with E-state index < -0.39 is 11.9 Å². The van der Waals surface area contributed by atoms with E-state index in [0.717, 1.165) is 63.4 Å². The predicted molar refractivity (Wildman–Crippen MR) is 131 cm³/mol. The van der Waals surface area contributed by atoms with E-state index in [0.29, 0.717) is 5.91 Å². The Labute approximate surface area is 205 Å². The first-order valence-electron chi connectivity index (χ1n) is 11.6. The van der Waals surface area contributed by atoms with Gasteiger partial charge < -0.3 is 15.1 Å². The molecule has 0 unspecified atom stereocenters. The number of likely N-dealkylation sites (tertiary alicyclic amines) is 1. The van der Waals surface area contributed by atoms with Crippen molar-refractivity contribution >= 4 is 29.4 Å². The molecule has 0 atom stereocenters. The van der Waals surface area contributed by atoms with Crippen LogP contribution in [0.4, 0.5) is 0 Å². The van der Waals surface area contributed by atoms with Crippen LogP contribution in [0.1, 0.15) is 43.7 Å². The minimum absolute atomic E-state index is 0.155. The number of benzene rings is 2. The number of nitrogens with zero attached hydrogens (tertiary/aromatic N) is 2. The van der Waals surface area contributed by atoms with Gasteiger partial charge in [-0.3, -0.25) is 9.69 Å². The average molecular weight is 489 g/mol. The van der Waals surface area contributed by atoms with Crippen LogP contribution in [0.25, 0.3) is 0 Å². The molecule has 1 aliphatic heterocycles. The fourth-order valence-corrected chi connectivity index (χ4v) is 3.99. The SMILES string of the molecule is CCCCN(Cc1ccccc1)C(=O)C1CCN(Cc2ccc(Cl)cc2)CC1.O=C(O)C(=O)O. The molecule has 2 N–H and O–H groups in total. The Bertz CT molecular complexity index is 901. The van der Waals surface area contributed by atoms with E-state index in [1.165, 1.54) is 11.1 Å². The molecule has 34 heavy (non-hydrogen) atoms. The van der Waals surface area contributed by atoms with Gasteiger partial charge in [-0.25, -0.2) is 9.59 Å². The Hall–Kier alpha value is -2.90. The van der Waals surface area contributed by atoms with Crippen LogP contribution in [0.2, 0.25) is 5.02 Å². The van der Waals surface area contributed by atoms with E-state index in [-0.39, 0.29) is 5.92 Å². The highest BCUT2D eigenvalue weighted by Crippen LogP contribution is 2.23. The second-order valence-corrected chi connectivity index (χ2v) is 8.82. The summed E-state index contributed by atoms with van der Waals surface area (Å²) in [7, 11) is 0. The normalized spacial score (nSPS) is 14.1. The number of rotatable bonds is 8. The van der Waals surface area contributed by atoms with Crippen LogP contribution >= 0.6 is 11.6 Å². The molecule has 1 aliphatic rings. The van der Waals surface area contributed by atoms with Crippen LogP contribution in [-0.4, -0.2) is 57.5 Å². The third kappa shape index (κ3) is 9.53. The molecule has 0 saturated carbocycles. The minimum Gasteiger partial charge on any atom is -0.473 e. The molecule has 0 aromatic heterocycles. The van der Waals surface area contributed by atoms with Crippen molar-refractivity contribution < 1.29 is 24.6 Å². The van der Waals surface area contributed by atoms with Gasteiger partial charge in [-0.05, 0) is 55.6 Å². The monoisotopic (exact) mass is 488 g/mol. The van der Waals surface area contributed by atoms with Gasteiger partial charge in [0.25, 0.3) is 0 Å². The van der Waals surface area contributed by atoms with Crippen LogP contribution in [0.15, 0.2) is 54.6 Å². The van der Waals surface area contributed by atoms with Crippen molar-refractivity contribution in [2.24, 2.45) is 5.92 Å². The lowest BCUT2D eigenvalue weighted by Gasteiger charge is -2.34. The van der Waals surface area contributed by atoms with Crippen LogP contribution in [0.3, 0.4) is 0 Å². The quantitative estimate of drug-likeness (QED) is 0.529. The van der Waals surface area contributed by atoms with Crippen molar-refractivity contribution in [3.63, 3.8) is 0 Å². The molecule has 0 bridgehead atoms. The van der Waals surface area contributed by atoms with Crippen molar-refractivity contribution in [3.8, 4) is 0 Å². The summed E-state index contributed by atoms with van der Waals surface area (Å²) >= 11 is 5.98. The molecule has 3 rings (SSSR count). The van der Waals surface area contributed by atoms with Crippen LogP contribution < -0.4 is 0 Å². The van der Waals surface area contributed by atoms with Gasteiger partial charge in [-0.1, -0.05) is 67.4 Å². The maximum absolute atomic E-state index is 13.2. The van der Waals surface area contributed by atoms with E-state index >= 15 is 0 Å². The number of piperidine rings is 1. The van der Waals surface area contributed by atoms with Crippen LogP contribution in [-0.2, 0) is 27.5 Å². The van der Waals surface area contributed by atoms with E-state index in [4.69, 9.17) is 31.4 Å². The summed E-state index contributed by atoms with van der Waals surface area (Å²) in [6.07, 6.45) is 4.07. The Morgan fingerprint density at radius 1 is 0.941 bits per heavy atom. The average Bonchev–Trinajstić information content (AvgIpc) is 2.84. The zero-order valence-electron chi connectivity index (χ0n) is 19.5. The molecule has 1 saturated heterocycles. The Morgan fingerprint density at radius 3 is 2.06 bits per heavy atom. The van der Waals surface area contributed by atoms with Crippen molar-refractivity contribution in [1.82, 2.24) is 9.80 Å². The van der Waals surface area contributed by atoms with E-state index in [9.17, 15) is 4.79 Å². The zero-order valence-corrected chi connectivity index (χ0v) is 20.3. The van der Waals surface area contributed by atoms with Gasteiger partial charge in [-0.15, -0.1) is 0 Å². The molecular formula is C26H33ClN2O5. The van der Waals surface area contributed by atoms with Crippen molar-refractivity contribution in [2.75, 3.05) is 19.6 Å². The molecule has 0 radical (unpaired) electrons. The molecular weight excluding hydrogens is 456 g/mol. The molecule has 2 aromatic rings. The van der Waals surface area contributed by atoms with Crippen molar-refractivity contribution in [2.45, 2.75) is 45.7 Å². The second-order valence-electron chi connectivity index (χ2n) is 8.39. The standard InChI is InChI=1S/C24H31ClN2O.C2H2O4/c1-2-3-15-27(19-20-7-5-4-6-8-20)24(28)22-13-16-26(17-14-22)18-21-9-11-23(25)12-10-21;3-1(4)2(5)6/h4-12,22H,2-3,13-19H2,1H3;(H,3,4)(H,5,6). The number of amides is 1. The maximum Gasteiger partial charge on any atom is 0.414 e. The lowest BCUT2D eigenvalue weighted by molar-refractivity contribution is -0.159. The summed E-state index contributed by atoms with van der Waals surface area (Å²) < 4.78 is 0. The smallest absolute Gasteiger partial charge is 0.414 e. The highest BCUT2D eigenvalue weighted by atomic mass is 35.5. The molecule has 0 spiro atoms. The van der Waals surface area contributed by atoms with Gasteiger partial charge >= 0.3 is 11.9 Å². The van der Waals surface area contributed by atoms with Gasteiger partial charge in [0.1, 0.15) is 0 Å². The van der Waals surface area contributed by atoms with E-state index in [1.54, 1.807) is 0 Å². The molecule has 1 heterocycles. The Balaban J connectivity index is 0.000000604. The number of carbonyl (C=O) groups excluding carboxylic acids is 1. The number of hydrogen-bond donors (Lipinski definition) is 2. The predicted octanol–water partition coefficient (Wildman–Crippen LogP) is 4.54. The summed E-state index contributed by atoms with van der Waals surface area (Å²) in [5.74, 6) is -3.16. The first-order valence-corrected chi connectivity index (χ1v) is 11.9. The fraction of sp³-hybridized carbons (Fsp3) is 0.423. The number of hydrogen-bond acceptors (Lipinski definition) is 4. The molecule has 1 fully saturated rings. The van der Waals surface area contributed by atoms with Gasteiger partial charge in [0.2, 0.25) is 5.91 Å². The molecule has 7 nitrogen and oxygen atoms in total. The summed E-state index contributed by atoms with van der Waals surface area (Å²) in [5, 5.41) is 15.6. The first kappa shape index (κ1) is 27.3. The summed E-state index contributed by atoms with van der Waals surface area (Å²) in [4.78, 5) is 35.9. The zero-order chi connectivity index (χ0) is 24.9. The number of carbonyl (C=O) groups is 3. The Kier molecular flexibility index (Phi) is 11.6. The van der Waals surface area contributed by atoms with Gasteiger partial charge in [0, 0.05) is 30.6 Å². The number of aliphatic carboxylic acids is 2. The fourth-order valence-electron chi connectivity index (χ4n) is 3.86. The molecule has 184 valence electrons. The second kappa shape index (κ2) is 14.4. The van der Waals surface area contributed by atoms with E-state index in [1.807, 2.05) is 30.3 Å². The van der Waals surface area contributed by atoms with E-state index in [2.05, 4.69) is 41.0 Å². The highest BCUT2D eigenvalue weighted by molar-refractivity contribution is 6.30. The highest BCUT2D eigenvalue weighted by Gasteiger charge is 2.28. The molecule has 8 heteroatoms. The number of carboxylic acids is 2. The summed E-state index contributed by atoms with van der Waals surface area (Å²) in [5.41, 5.74) is 2.50. The molecule has 1 amide bonds. The summed E-state index contributed by atoms with van der Waals surface area (Å²) in [6.45, 7) is 6.65. The van der Waals surface area contributed by atoms with Crippen LogP contribution in [0.5, 0.6) is 0 Å². The largest absolute Gasteiger partial charge is 0.473 e. The van der Waals surface area contributed by atoms with Crippen molar-refractivity contribution in [3.05, 3.63) is 70.7 Å². The third-order valence-corrected chi connectivity index (χ3v) is 6.00. The van der Waals surface area contributed by atoms with Crippen LogP contribution in [0, 0.1) is 5.92 Å². The Morgan fingerprint density at radius 2 is 1.53 bits per heavy atom. The van der Waals surface area contributed by atoms with Gasteiger partial charge in [-0.2, -0.15) is 0 Å². The maximum atomic E-state index is 13.2. The van der Waals surface area contributed by atoms with Gasteiger partial charge in [0.15, 0.2) is 0 Å². The summed E-state index contributed by atoms with van der Waals surface area (Å²) in [6, 6.07) is 18.4. The third-order valence-electron chi connectivity index (χ3n) is 5.75.